The van der Waals surface area contributed by atoms with E-state index in [0.29, 0.717) is 32.8 Å². The van der Waals surface area contributed by atoms with Gasteiger partial charge in [0.15, 0.2) is 0 Å². The van der Waals surface area contributed by atoms with Crippen molar-refractivity contribution in [2.75, 3.05) is 7.11 Å². The summed E-state index contributed by atoms with van der Waals surface area (Å²) in [5.74, 6) is 1.90. The summed E-state index contributed by atoms with van der Waals surface area (Å²) in [4.78, 5) is 0.301. The van der Waals surface area contributed by atoms with Gasteiger partial charge in [-0.2, -0.15) is 0 Å². The SMILES string of the molecule is COc1cccc(Oc2ccc(C(N)=S)cc2Cl)c1. The van der Waals surface area contributed by atoms with Crippen LogP contribution in [0.5, 0.6) is 17.2 Å². The maximum absolute atomic E-state index is 6.13. The van der Waals surface area contributed by atoms with Gasteiger partial charge in [0.1, 0.15) is 22.2 Å². The van der Waals surface area contributed by atoms with Gasteiger partial charge in [0, 0.05) is 11.6 Å². The Hall–Kier alpha value is -1.78. The summed E-state index contributed by atoms with van der Waals surface area (Å²) in [5.41, 5.74) is 6.25. The molecule has 0 amide bonds. The number of rotatable bonds is 4. The molecule has 0 heterocycles. The third-order valence-electron chi connectivity index (χ3n) is 2.49. The molecule has 0 spiro atoms. The van der Waals surface area contributed by atoms with Gasteiger partial charge in [-0.3, -0.25) is 0 Å². The van der Waals surface area contributed by atoms with Crippen LogP contribution in [0.4, 0.5) is 0 Å². The molecule has 0 aromatic heterocycles. The van der Waals surface area contributed by atoms with E-state index in [9.17, 15) is 0 Å². The summed E-state index contributed by atoms with van der Waals surface area (Å²) >= 11 is 11.0. The van der Waals surface area contributed by atoms with Crippen LogP contribution in [0, 0.1) is 0 Å². The van der Waals surface area contributed by atoms with Gasteiger partial charge < -0.3 is 15.2 Å². The summed E-state index contributed by atoms with van der Waals surface area (Å²) in [5, 5.41) is 0.452. The highest BCUT2D eigenvalue weighted by molar-refractivity contribution is 7.80. The van der Waals surface area contributed by atoms with Crippen molar-refractivity contribution in [1.29, 1.82) is 0 Å². The minimum atomic E-state index is 0.301. The molecule has 0 unspecified atom stereocenters. The molecule has 2 N–H and O–H groups in total. The summed E-state index contributed by atoms with van der Waals surface area (Å²) in [7, 11) is 1.60. The van der Waals surface area contributed by atoms with E-state index in [1.165, 1.54) is 0 Å². The maximum atomic E-state index is 6.13. The molecular weight excluding hydrogens is 282 g/mol. The molecule has 0 bridgehead atoms. The molecule has 0 aliphatic carbocycles. The minimum absolute atomic E-state index is 0.301. The van der Waals surface area contributed by atoms with E-state index in [4.69, 9.17) is 39.0 Å². The van der Waals surface area contributed by atoms with Gasteiger partial charge in [-0.25, -0.2) is 0 Å². The van der Waals surface area contributed by atoms with Crippen LogP contribution in [0.2, 0.25) is 5.02 Å². The van der Waals surface area contributed by atoms with E-state index in [1.54, 1.807) is 31.4 Å². The van der Waals surface area contributed by atoms with E-state index in [-0.39, 0.29) is 0 Å². The molecule has 0 fully saturated rings. The summed E-state index contributed by atoms with van der Waals surface area (Å²) < 4.78 is 10.8. The molecule has 98 valence electrons. The smallest absolute Gasteiger partial charge is 0.146 e. The first-order valence-corrected chi connectivity index (χ1v) is 6.30. The fourth-order valence-electron chi connectivity index (χ4n) is 1.53. The fourth-order valence-corrected chi connectivity index (χ4v) is 1.87. The zero-order valence-corrected chi connectivity index (χ0v) is 11.8. The Morgan fingerprint density at radius 3 is 2.53 bits per heavy atom. The van der Waals surface area contributed by atoms with Crippen molar-refractivity contribution in [2.45, 2.75) is 0 Å². The van der Waals surface area contributed by atoms with Crippen LogP contribution in [0.15, 0.2) is 42.5 Å². The molecule has 2 aromatic rings. The second kappa shape index (κ2) is 5.91. The van der Waals surface area contributed by atoms with Crippen molar-refractivity contribution >= 4 is 28.8 Å². The lowest BCUT2D eigenvalue weighted by atomic mass is 10.2. The first-order valence-electron chi connectivity index (χ1n) is 5.51. The highest BCUT2D eigenvalue weighted by Gasteiger charge is 2.06. The Balaban J connectivity index is 2.25. The van der Waals surface area contributed by atoms with Crippen LogP contribution in [-0.4, -0.2) is 12.1 Å². The van der Waals surface area contributed by atoms with Crippen LogP contribution in [-0.2, 0) is 0 Å². The van der Waals surface area contributed by atoms with E-state index in [0.717, 1.165) is 0 Å². The van der Waals surface area contributed by atoms with Gasteiger partial charge in [0.25, 0.3) is 0 Å². The Kier molecular flexibility index (Phi) is 4.24. The van der Waals surface area contributed by atoms with Crippen molar-refractivity contribution in [3.8, 4) is 17.2 Å². The Morgan fingerprint density at radius 2 is 1.89 bits per heavy atom. The largest absolute Gasteiger partial charge is 0.497 e. The van der Waals surface area contributed by atoms with E-state index in [1.807, 2.05) is 18.2 Å². The second-order valence-electron chi connectivity index (χ2n) is 3.79. The number of hydrogen-bond donors (Lipinski definition) is 1. The van der Waals surface area contributed by atoms with Crippen LogP contribution < -0.4 is 15.2 Å². The third-order valence-corrected chi connectivity index (χ3v) is 3.02. The van der Waals surface area contributed by atoms with Crippen molar-refractivity contribution in [1.82, 2.24) is 0 Å². The van der Waals surface area contributed by atoms with Crippen molar-refractivity contribution in [3.05, 3.63) is 53.1 Å². The zero-order valence-electron chi connectivity index (χ0n) is 10.2. The van der Waals surface area contributed by atoms with Gasteiger partial charge in [-0.05, 0) is 30.3 Å². The molecule has 0 radical (unpaired) electrons. The Morgan fingerprint density at radius 1 is 1.16 bits per heavy atom. The predicted octanol–water partition coefficient (Wildman–Crippen LogP) is 3.78. The van der Waals surface area contributed by atoms with Crippen LogP contribution >= 0.6 is 23.8 Å². The van der Waals surface area contributed by atoms with Gasteiger partial charge in [0.05, 0.1) is 12.1 Å². The minimum Gasteiger partial charge on any atom is -0.497 e. The molecule has 0 saturated carbocycles. The van der Waals surface area contributed by atoms with Gasteiger partial charge >= 0.3 is 0 Å². The van der Waals surface area contributed by atoms with E-state index in [2.05, 4.69) is 0 Å². The predicted molar refractivity (Wildman–Crippen MR) is 80.4 cm³/mol. The quantitative estimate of drug-likeness (QED) is 0.872. The van der Waals surface area contributed by atoms with Gasteiger partial charge in [0.2, 0.25) is 0 Å². The summed E-state index contributed by atoms with van der Waals surface area (Å²) in [6.07, 6.45) is 0. The highest BCUT2D eigenvalue weighted by Crippen LogP contribution is 2.31. The first kappa shape index (κ1) is 13.6. The molecule has 2 aromatic carbocycles. The normalized spacial score (nSPS) is 10.0. The number of benzene rings is 2. The lowest BCUT2D eigenvalue weighted by Gasteiger charge is -2.09. The fraction of sp³-hybridized carbons (Fsp3) is 0.0714. The summed E-state index contributed by atoms with van der Waals surface area (Å²) in [6.45, 7) is 0. The Labute approximate surface area is 121 Å². The Bertz CT molecular complexity index is 616. The third kappa shape index (κ3) is 3.36. The average molecular weight is 294 g/mol. The van der Waals surface area contributed by atoms with Gasteiger partial charge in [-0.15, -0.1) is 0 Å². The highest BCUT2D eigenvalue weighted by atomic mass is 35.5. The molecule has 0 atom stereocenters. The van der Waals surface area contributed by atoms with Crippen molar-refractivity contribution < 1.29 is 9.47 Å². The maximum Gasteiger partial charge on any atom is 0.146 e. The molecule has 19 heavy (non-hydrogen) atoms. The zero-order chi connectivity index (χ0) is 13.8. The average Bonchev–Trinajstić information content (AvgIpc) is 2.41. The number of hydrogen-bond acceptors (Lipinski definition) is 3. The monoisotopic (exact) mass is 293 g/mol. The number of thiocarbonyl (C=S) groups is 1. The van der Waals surface area contributed by atoms with Crippen LogP contribution in [0.25, 0.3) is 0 Å². The standard InChI is InChI=1S/C14H12ClNO2S/c1-17-10-3-2-4-11(8-10)18-13-6-5-9(14(16)19)7-12(13)15/h2-8H,1H3,(H2,16,19). The van der Waals surface area contributed by atoms with E-state index < -0.39 is 0 Å². The van der Waals surface area contributed by atoms with Gasteiger partial charge in [-0.1, -0.05) is 29.9 Å². The molecule has 0 aliphatic rings. The number of halogens is 1. The molecule has 3 nitrogen and oxygen atoms in total. The lowest BCUT2D eigenvalue weighted by molar-refractivity contribution is 0.409. The molecule has 0 saturated heterocycles. The molecule has 5 heteroatoms. The molecule has 0 aliphatic heterocycles. The van der Waals surface area contributed by atoms with Crippen molar-refractivity contribution in [3.63, 3.8) is 0 Å². The molecule has 2 rings (SSSR count). The second-order valence-corrected chi connectivity index (χ2v) is 4.64. The number of methoxy groups -OCH3 is 1. The van der Waals surface area contributed by atoms with Crippen LogP contribution in [0.3, 0.4) is 0 Å². The summed E-state index contributed by atoms with van der Waals surface area (Å²) in [6, 6.07) is 12.5. The van der Waals surface area contributed by atoms with E-state index >= 15 is 0 Å². The lowest BCUT2D eigenvalue weighted by Crippen LogP contribution is -2.08. The number of ether oxygens (including phenoxy) is 2. The molecular formula is C14H12ClNO2S. The van der Waals surface area contributed by atoms with Crippen molar-refractivity contribution in [2.24, 2.45) is 5.73 Å². The van der Waals surface area contributed by atoms with Crippen LogP contribution in [0.1, 0.15) is 5.56 Å². The topological polar surface area (TPSA) is 44.5 Å². The first-order chi connectivity index (χ1) is 9.10. The number of nitrogens with two attached hydrogens (primary N) is 1.